The second kappa shape index (κ2) is 8.51. The summed E-state index contributed by atoms with van der Waals surface area (Å²) in [6.07, 6.45) is 0.710. The van der Waals surface area contributed by atoms with Crippen molar-refractivity contribution >= 4 is 34.2 Å². The van der Waals surface area contributed by atoms with Crippen LogP contribution in [0.25, 0.3) is 0 Å². The van der Waals surface area contributed by atoms with E-state index in [1.54, 1.807) is 0 Å². The Hall–Kier alpha value is -0.580. The molecule has 0 heterocycles. The van der Waals surface area contributed by atoms with Crippen LogP contribution in [0.1, 0.15) is 25.8 Å². The molecule has 102 valence electrons. The zero-order chi connectivity index (χ0) is 12.8. The number of hydrogen-bond donors (Lipinski definition) is 2. The van der Waals surface area contributed by atoms with Crippen LogP contribution in [-0.4, -0.2) is 11.9 Å². The van der Waals surface area contributed by atoms with Crippen molar-refractivity contribution in [2.45, 2.75) is 32.9 Å². The molecule has 0 aliphatic heterocycles. The summed E-state index contributed by atoms with van der Waals surface area (Å²) in [4.78, 5) is 11.7. The Labute approximate surface area is 123 Å². The largest absolute Gasteiger partial charge is 0.351 e. The normalized spacial score (nSPS) is 11.8. The summed E-state index contributed by atoms with van der Waals surface area (Å²) in [6, 6.07) is 7.39. The van der Waals surface area contributed by atoms with Crippen molar-refractivity contribution in [3.8, 4) is 0 Å². The van der Waals surface area contributed by atoms with Crippen LogP contribution >= 0.6 is 28.3 Å². The number of nitrogens with one attached hydrogen (secondary N) is 1. The van der Waals surface area contributed by atoms with Crippen molar-refractivity contribution in [3.05, 3.63) is 34.3 Å². The molecule has 3 N–H and O–H groups in total. The van der Waals surface area contributed by atoms with Gasteiger partial charge >= 0.3 is 0 Å². The maximum absolute atomic E-state index is 11.7. The molecule has 3 nitrogen and oxygen atoms in total. The van der Waals surface area contributed by atoms with Crippen molar-refractivity contribution in [1.82, 2.24) is 5.32 Å². The number of rotatable bonds is 5. The van der Waals surface area contributed by atoms with E-state index in [9.17, 15) is 4.79 Å². The number of benzene rings is 1. The highest BCUT2D eigenvalue weighted by molar-refractivity contribution is 9.10. The van der Waals surface area contributed by atoms with Crippen molar-refractivity contribution in [1.29, 1.82) is 0 Å². The number of hydrogen-bond acceptors (Lipinski definition) is 2. The molecule has 0 spiro atoms. The second-order valence-electron chi connectivity index (χ2n) is 4.55. The lowest BCUT2D eigenvalue weighted by atomic mass is 10.0. The number of amides is 1. The molecule has 1 amide bonds. The highest BCUT2D eigenvalue weighted by atomic mass is 79.9. The Morgan fingerprint density at radius 2 is 2.00 bits per heavy atom. The zero-order valence-electron chi connectivity index (χ0n) is 10.7. The first-order valence-corrected chi connectivity index (χ1v) is 6.56. The third-order valence-corrected chi connectivity index (χ3v) is 3.25. The smallest absolute Gasteiger partial charge is 0.237 e. The molecule has 1 atom stereocenters. The summed E-state index contributed by atoms with van der Waals surface area (Å²) in [6.45, 7) is 4.62. The topological polar surface area (TPSA) is 55.1 Å². The molecule has 1 rings (SSSR count). The highest BCUT2D eigenvalue weighted by Gasteiger charge is 2.14. The summed E-state index contributed by atoms with van der Waals surface area (Å²) in [7, 11) is 0. The van der Waals surface area contributed by atoms with Gasteiger partial charge in [0.2, 0.25) is 5.91 Å². The van der Waals surface area contributed by atoms with Gasteiger partial charge in [-0.15, -0.1) is 12.4 Å². The van der Waals surface area contributed by atoms with Gasteiger partial charge in [-0.2, -0.15) is 0 Å². The summed E-state index contributed by atoms with van der Waals surface area (Å²) in [5.74, 6) is 0.341. The van der Waals surface area contributed by atoms with E-state index < -0.39 is 6.04 Å². The van der Waals surface area contributed by atoms with Gasteiger partial charge in [0, 0.05) is 11.0 Å². The monoisotopic (exact) mass is 334 g/mol. The molecular weight excluding hydrogens is 316 g/mol. The standard InChI is InChI=1S/C13H19BrN2O.ClH/c1-9(2)7-12(15)13(17)16-8-10-5-3-4-6-11(10)14;/h3-6,9,12H,7-8,15H2,1-2H3,(H,16,17);1H/t12-;/m0./s1. The predicted molar refractivity (Wildman–Crippen MR) is 80.7 cm³/mol. The quantitative estimate of drug-likeness (QED) is 0.869. The molecule has 0 aliphatic carbocycles. The van der Waals surface area contributed by atoms with E-state index in [-0.39, 0.29) is 18.3 Å². The van der Waals surface area contributed by atoms with E-state index in [0.29, 0.717) is 18.9 Å². The average molecular weight is 336 g/mol. The van der Waals surface area contributed by atoms with Crippen LogP contribution in [0.15, 0.2) is 28.7 Å². The lowest BCUT2D eigenvalue weighted by Gasteiger charge is -2.14. The zero-order valence-corrected chi connectivity index (χ0v) is 13.1. The van der Waals surface area contributed by atoms with Gasteiger partial charge in [0.05, 0.1) is 6.04 Å². The minimum absolute atomic E-state index is 0. The lowest BCUT2D eigenvalue weighted by Crippen LogP contribution is -2.41. The number of carbonyl (C=O) groups excluding carboxylic acids is 1. The number of halogens is 2. The van der Waals surface area contributed by atoms with Crippen LogP contribution in [0.2, 0.25) is 0 Å². The van der Waals surface area contributed by atoms with Crippen LogP contribution in [0.4, 0.5) is 0 Å². The SMILES string of the molecule is CC(C)C[C@H](N)C(=O)NCc1ccccc1Br.Cl. The van der Waals surface area contributed by atoms with Crippen molar-refractivity contribution in [3.63, 3.8) is 0 Å². The van der Waals surface area contributed by atoms with Crippen LogP contribution in [0.3, 0.4) is 0 Å². The lowest BCUT2D eigenvalue weighted by molar-refractivity contribution is -0.122. The molecule has 1 aromatic rings. The molecule has 18 heavy (non-hydrogen) atoms. The van der Waals surface area contributed by atoms with Crippen LogP contribution in [0, 0.1) is 5.92 Å². The molecular formula is C13H20BrClN2O. The first kappa shape index (κ1) is 17.4. The molecule has 5 heteroatoms. The summed E-state index contributed by atoms with van der Waals surface area (Å²) in [5, 5.41) is 2.85. The van der Waals surface area contributed by atoms with E-state index in [2.05, 4.69) is 35.1 Å². The van der Waals surface area contributed by atoms with E-state index in [0.717, 1.165) is 10.0 Å². The van der Waals surface area contributed by atoms with Crippen molar-refractivity contribution < 1.29 is 4.79 Å². The van der Waals surface area contributed by atoms with Gasteiger partial charge in [0.25, 0.3) is 0 Å². The molecule has 1 aromatic carbocycles. The van der Waals surface area contributed by atoms with Gasteiger partial charge in [-0.25, -0.2) is 0 Å². The maximum Gasteiger partial charge on any atom is 0.237 e. The van der Waals surface area contributed by atoms with Gasteiger partial charge in [-0.3, -0.25) is 4.79 Å². The van der Waals surface area contributed by atoms with Gasteiger partial charge in [-0.1, -0.05) is 48.0 Å². The van der Waals surface area contributed by atoms with Crippen molar-refractivity contribution in [2.24, 2.45) is 11.7 Å². The third kappa shape index (κ3) is 5.85. The molecule has 0 fully saturated rings. The van der Waals surface area contributed by atoms with Crippen LogP contribution in [0.5, 0.6) is 0 Å². The Bertz CT molecular complexity index is 385. The first-order chi connectivity index (χ1) is 8.00. The van der Waals surface area contributed by atoms with E-state index in [4.69, 9.17) is 5.73 Å². The molecule has 0 unspecified atom stereocenters. The van der Waals surface area contributed by atoms with E-state index in [1.807, 2.05) is 24.3 Å². The molecule has 0 aromatic heterocycles. The molecule has 0 bridgehead atoms. The van der Waals surface area contributed by atoms with Gasteiger partial charge < -0.3 is 11.1 Å². The Morgan fingerprint density at radius 1 is 1.39 bits per heavy atom. The molecule has 0 aliphatic rings. The number of nitrogens with two attached hydrogens (primary N) is 1. The summed E-state index contributed by atoms with van der Waals surface area (Å²) < 4.78 is 0.998. The van der Waals surface area contributed by atoms with Gasteiger partial charge in [-0.05, 0) is 24.0 Å². The average Bonchev–Trinajstić information content (AvgIpc) is 2.26. The predicted octanol–water partition coefficient (Wildman–Crippen LogP) is 2.86. The maximum atomic E-state index is 11.7. The fourth-order valence-electron chi connectivity index (χ4n) is 1.57. The molecule has 0 saturated heterocycles. The molecule has 0 radical (unpaired) electrons. The van der Waals surface area contributed by atoms with E-state index in [1.165, 1.54) is 0 Å². The highest BCUT2D eigenvalue weighted by Crippen LogP contribution is 2.15. The van der Waals surface area contributed by atoms with Crippen molar-refractivity contribution in [2.75, 3.05) is 0 Å². The van der Waals surface area contributed by atoms with E-state index >= 15 is 0 Å². The Morgan fingerprint density at radius 3 is 2.56 bits per heavy atom. The van der Waals surface area contributed by atoms with Gasteiger partial charge in [0.15, 0.2) is 0 Å². The number of carbonyl (C=O) groups is 1. The fourth-order valence-corrected chi connectivity index (χ4v) is 2.00. The van der Waals surface area contributed by atoms with Crippen LogP contribution < -0.4 is 11.1 Å². The summed E-state index contributed by atoms with van der Waals surface area (Å²) in [5.41, 5.74) is 6.85. The second-order valence-corrected chi connectivity index (χ2v) is 5.40. The third-order valence-electron chi connectivity index (χ3n) is 2.47. The van der Waals surface area contributed by atoms with Crippen LogP contribution in [-0.2, 0) is 11.3 Å². The Balaban J connectivity index is 0.00000289. The fraction of sp³-hybridized carbons (Fsp3) is 0.462. The molecule has 0 saturated carbocycles. The van der Waals surface area contributed by atoms with Gasteiger partial charge in [0.1, 0.15) is 0 Å². The first-order valence-electron chi connectivity index (χ1n) is 5.77. The summed E-state index contributed by atoms with van der Waals surface area (Å²) >= 11 is 3.44. The Kier molecular flexibility index (Phi) is 8.24. The minimum atomic E-state index is -0.419. The minimum Gasteiger partial charge on any atom is -0.351 e.